The second-order valence-corrected chi connectivity index (χ2v) is 9.38. The molecule has 0 radical (unpaired) electrons. The Kier molecular flexibility index (Phi) is 4.50. The van der Waals surface area contributed by atoms with Crippen LogP contribution < -0.4 is 0 Å². The molecule has 0 N–H and O–H groups in total. The van der Waals surface area contributed by atoms with E-state index in [9.17, 15) is 4.21 Å². The average molecular weight is 342 g/mol. The molecule has 0 aliphatic rings. The fourth-order valence-electron chi connectivity index (χ4n) is 2.17. The average Bonchev–Trinajstić information content (AvgIpc) is 2.54. The third-order valence-corrected chi connectivity index (χ3v) is 6.30. The quantitative estimate of drug-likeness (QED) is 0.693. The van der Waals surface area contributed by atoms with Gasteiger partial charge in [-0.05, 0) is 39.0 Å². The van der Waals surface area contributed by atoms with Crippen molar-refractivity contribution in [3.63, 3.8) is 0 Å². The van der Waals surface area contributed by atoms with E-state index in [1.165, 1.54) is 11.8 Å². The highest BCUT2D eigenvalue weighted by molar-refractivity contribution is 8.00. The van der Waals surface area contributed by atoms with Crippen LogP contribution in [-0.2, 0) is 10.8 Å². The molecule has 2 aromatic carbocycles. The first kappa shape index (κ1) is 16.1. The normalized spacial score (nSPS) is 13.2. The van der Waals surface area contributed by atoms with Crippen LogP contribution in [0.25, 0.3) is 10.9 Å². The lowest BCUT2D eigenvalue weighted by Gasteiger charge is -2.20. The summed E-state index contributed by atoms with van der Waals surface area (Å²) in [6, 6.07) is 17.7. The van der Waals surface area contributed by atoms with Crippen LogP contribution in [0.1, 0.15) is 20.8 Å². The molecule has 3 rings (SSSR count). The molecule has 0 bridgehead atoms. The summed E-state index contributed by atoms with van der Waals surface area (Å²) in [5.74, 6) is 0. The van der Waals surface area contributed by atoms with Crippen molar-refractivity contribution in [1.29, 1.82) is 0 Å². The summed E-state index contributed by atoms with van der Waals surface area (Å²) in [6.45, 7) is 5.94. The van der Waals surface area contributed by atoms with Gasteiger partial charge >= 0.3 is 0 Å². The van der Waals surface area contributed by atoms with Crippen molar-refractivity contribution in [3.05, 3.63) is 54.6 Å². The van der Waals surface area contributed by atoms with E-state index in [1.54, 1.807) is 0 Å². The first-order valence-corrected chi connectivity index (χ1v) is 9.33. The minimum atomic E-state index is -1.18. The van der Waals surface area contributed by atoms with Gasteiger partial charge in [0.2, 0.25) is 0 Å². The number of nitrogens with zero attached hydrogens (tertiary/aromatic N) is 2. The maximum atomic E-state index is 13.1. The molecule has 0 aliphatic carbocycles. The molecule has 0 saturated heterocycles. The van der Waals surface area contributed by atoms with Gasteiger partial charge in [0.15, 0.2) is 0 Å². The molecule has 118 valence electrons. The fraction of sp³-hybridized carbons (Fsp3) is 0.222. The molecular formula is C18H18N2OS2. The molecule has 1 atom stereocenters. The van der Waals surface area contributed by atoms with Crippen molar-refractivity contribution in [2.24, 2.45) is 0 Å². The van der Waals surface area contributed by atoms with Crippen LogP contribution in [0.3, 0.4) is 0 Å². The predicted molar refractivity (Wildman–Crippen MR) is 96.3 cm³/mol. The maximum absolute atomic E-state index is 13.1. The van der Waals surface area contributed by atoms with Crippen LogP contribution in [0.4, 0.5) is 0 Å². The minimum Gasteiger partial charge on any atom is -0.254 e. The Morgan fingerprint density at radius 1 is 0.913 bits per heavy atom. The number of rotatable bonds is 3. The van der Waals surface area contributed by atoms with Crippen LogP contribution >= 0.6 is 11.8 Å². The van der Waals surface area contributed by atoms with Crippen molar-refractivity contribution < 1.29 is 4.21 Å². The van der Waals surface area contributed by atoms with E-state index in [-0.39, 0.29) is 4.75 Å². The van der Waals surface area contributed by atoms with E-state index in [2.05, 4.69) is 10.2 Å². The van der Waals surface area contributed by atoms with E-state index >= 15 is 0 Å². The van der Waals surface area contributed by atoms with E-state index in [0.717, 1.165) is 20.7 Å². The van der Waals surface area contributed by atoms with Gasteiger partial charge in [-0.15, -0.1) is 10.2 Å². The third-order valence-electron chi connectivity index (χ3n) is 3.29. The molecule has 0 fully saturated rings. The SMILES string of the molecule is CC(C)(C)S(=O)c1c(Sc2ccccc2)nnc2ccccc12. The molecular weight excluding hydrogens is 324 g/mol. The smallest absolute Gasteiger partial charge is 0.140 e. The lowest BCUT2D eigenvalue weighted by atomic mass is 10.2. The molecule has 0 spiro atoms. The first-order chi connectivity index (χ1) is 11.0. The van der Waals surface area contributed by atoms with Crippen molar-refractivity contribution in [2.45, 2.75) is 40.3 Å². The number of fused-ring (bicyclic) bond motifs is 1. The van der Waals surface area contributed by atoms with Gasteiger partial charge < -0.3 is 0 Å². The topological polar surface area (TPSA) is 42.9 Å². The molecule has 1 aromatic heterocycles. The van der Waals surface area contributed by atoms with Crippen molar-refractivity contribution in [3.8, 4) is 0 Å². The summed E-state index contributed by atoms with van der Waals surface area (Å²) in [6.07, 6.45) is 0. The van der Waals surface area contributed by atoms with Gasteiger partial charge in [0.05, 0.1) is 21.2 Å². The summed E-state index contributed by atoms with van der Waals surface area (Å²) in [5, 5.41) is 10.3. The van der Waals surface area contributed by atoms with Gasteiger partial charge in [-0.3, -0.25) is 4.21 Å². The standard InChI is InChI=1S/C18H18N2OS2/c1-18(2,3)23(21)16-14-11-7-8-12-15(14)19-20-17(16)22-13-9-5-4-6-10-13/h4-12H,1-3H3. The van der Waals surface area contributed by atoms with Gasteiger partial charge in [0.1, 0.15) is 5.03 Å². The zero-order chi connectivity index (χ0) is 16.4. The largest absolute Gasteiger partial charge is 0.254 e. The number of hydrogen-bond donors (Lipinski definition) is 0. The zero-order valence-electron chi connectivity index (χ0n) is 13.3. The van der Waals surface area contributed by atoms with Gasteiger partial charge in [0, 0.05) is 15.0 Å². The molecule has 0 aliphatic heterocycles. The van der Waals surface area contributed by atoms with Crippen LogP contribution in [0.2, 0.25) is 0 Å². The Labute approximate surface area is 143 Å². The lowest BCUT2D eigenvalue weighted by molar-refractivity contribution is 0.646. The number of aromatic nitrogens is 2. The van der Waals surface area contributed by atoms with E-state index in [0.29, 0.717) is 5.03 Å². The zero-order valence-corrected chi connectivity index (χ0v) is 14.9. The van der Waals surface area contributed by atoms with Crippen LogP contribution in [0.5, 0.6) is 0 Å². The summed E-state index contributed by atoms with van der Waals surface area (Å²) >= 11 is 1.51. The Bertz CT molecular complexity index is 858. The van der Waals surface area contributed by atoms with Crippen LogP contribution in [0, 0.1) is 0 Å². The highest BCUT2D eigenvalue weighted by Gasteiger charge is 2.27. The number of hydrogen-bond acceptors (Lipinski definition) is 4. The Hall–Kier alpha value is -1.72. The molecule has 3 aromatic rings. The molecule has 5 heteroatoms. The van der Waals surface area contributed by atoms with E-state index < -0.39 is 10.8 Å². The first-order valence-electron chi connectivity index (χ1n) is 7.37. The van der Waals surface area contributed by atoms with Crippen molar-refractivity contribution >= 4 is 33.5 Å². The maximum Gasteiger partial charge on any atom is 0.140 e. The van der Waals surface area contributed by atoms with Crippen molar-refractivity contribution in [2.75, 3.05) is 0 Å². The van der Waals surface area contributed by atoms with Gasteiger partial charge in [-0.25, -0.2) is 0 Å². The monoisotopic (exact) mass is 342 g/mol. The molecule has 3 nitrogen and oxygen atoms in total. The minimum absolute atomic E-state index is 0.363. The summed E-state index contributed by atoms with van der Waals surface area (Å²) in [5.41, 5.74) is 0.775. The van der Waals surface area contributed by atoms with E-state index in [4.69, 9.17) is 0 Å². The molecule has 0 saturated carbocycles. The second-order valence-electron chi connectivity index (χ2n) is 6.15. The van der Waals surface area contributed by atoms with E-state index in [1.807, 2.05) is 75.4 Å². The fourth-order valence-corrected chi connectivity index (χ4v) is 4.50. The highest BCUT2D eigenvalue weighted by Crippen LogP contribution is 2.36. The Morgan fingerprint density at radius 3 is 2.26 bits per heavy atom. The Balaban J connectivity index is 2.19. The predicted octanol–water partition coefficient (Wildman–Crippen LogP) is 4.69. The molecule has 23 heavy (non-hydrogen) atoms. The highest BCUT2D eigenvalue weighted by atomic mass is 32.2. The van der Waals surface area contributed by atoms with Crippen molar-refractivity contribution in [1.82, 2.24) is 10.2 Å². The summed E-state index contributed by atoms with van der Waals surface area (Å²) in [4.78, 5) is 1.83. The third kappa shape index (κ3) is 3.46. The second kappa shape index (κ2) is 6.42. The van der Waals surface area contributed by atoms with Gasteiger partial charge in [-0.1, -0.05) is 48.2 Å². The summed E-state index contributed by atoms with van der Waals surface area (Å²) < 4.78 is 12.8. The molecule has 1 heterocycles. The summed E-state index contributed by atoms with van der Waals surface area (Å²) in [7, 11) is -1.18. The molecule has 0 amide bonds. The molecule has 1 unspecified atom stereocenters. The Morgan fingerprint density at radius 2 is 1.57 bits per heavy atom. The van der Waals surface area contributed by atoms with Crippen LogP contribution in [0.15, 0.2) is 69.4 Å². The number of benzene rings is 2. The van der Waals surface area contributed by atoms with Gasteiger partial charge in [-0.2, -0.15) is 0 Å². The van der Waals surface area contributed by atoms with Crippen LogP contribution in [-0.4, -0.2) is 19.2 Å². The lowest BCUT2D eigenvalue weighted by Crippen LogP contribution is -2.23. The van der Waals surface area contributed by atoms with Gasteiger partial charge in [0.25, 0.3) is 0 Å².